The van der Waals surface area contributed by atoms with Crippen LogP contribution >= 0.6 is 0 Å². The van der Waals surface area contributed by atoms with Crippen molar-refractivity contribution in [2.24, 2.45) is 0 Å². The van der Waals surface area contributed by atoms with Crippen molar-refractivity contribution in [3.8, 4) is 17.4 Å². The van der Waals surface area contributed by atoms with Crippen molar-refractivity contribution in [3.05, 3.63) is 53.0 Å². The molecule has 0 aliphatic carbocycles. The molecule has 7 heteroatoms. The Morgan fingerprint density at radius 3 is 2.96 bits per heavy atom. The second-order valence-electron chi connectivity index (χ2n) is 6.98. The smallest absolute Gasteiger partial charge is 0.293 e. The largest absolute Gasteiger partial charge is 0.485 e. The molecule has 0 radical (unpaired) electrons. The van der Waals surface area contributed by atoms with Gasteiger partial charge in [-0.3, -0.25) is 4.90 Å². The normalized spacial score (nSPS) is 18.0. The first-order chi connectivity index (χ1) is 13.1. The molecule has 1 aromatic carbocycles. The summed E-state index contributed by atoms with van der Waals surface area (Å²) in [6.07, 6.45) is 0. The molecule has 1 unspecified atom stereocenters. The molecule has 0 bridgehead atoms. The molecule has 1 atom stereocenters. The van der Waals surface area contributed by atoms with Gasteiger partial charge >= 0.3 is 0 Å². The van der Waals surface area contributed by atoms with Crippen molar-refractivity contribution in [1.29, 1.82) is 0 Å². The zero-order valence-electron chi connectivity index (χ0n) is 15.9. The predicted molar refractivity (Wildman–Crippen MR) is 100 cm³/mol. The Morgan fingerprint density at radius 1 is 1.26 bits per heavy atom. The van der Waals surface area contributed by atoms with Gasteiger partial charge in [-0.1, -0.05) is 22.9 Å². The van der Waals surface area contributed by atoms with Crippen molar-refractivity contribution < 1.29 is 13.7 Å². The molecular weight excluding hydrogens is 344 g/mol. The number of likely N-dealkylation sites (N-methyl/N-ethyl adjacent to an activating group) is 1. The monoisotopic (exact) mass is 368 g/mol. The van der Waals surface area contributed by atoms with Gasteiger partial charge in [0, 0.05) is 19.6 Å². The molecule has 1 N–H and O–H groups in total. The second-order valence-corrected chi connectivity index (χ2v) is 6.98. The van der Waals surface area contributed by atoms with Gasteiger partial charge in [0.25, 0.3) is 5.89 Å². The van der Waals surface area contributed by atoms with Gasteiger partial charge in [0.15, 0.2) is 11.6 Å². The number of nitrogens with one attached hydrogen (secondary N) is 1. The lowest BCUT2D eigenvalue weighted by atomic mass is 10.1. The number of hydrogen-bond donors (Lipinski definition) is 1. The zero-order chi connectivity index (χ0) is 18.8. The molecule has 1 saturated heterocycles. The van der Waals surface area contributed by atoms with Crippen LogP contribution < -0.4 is 10.1 Å². The average Bonchev–Trinajstić information content (AvgIpc) is 3.31. The van der Waals surface area contributed by atoms with E-state index in [0.717, 1.165) is 30.9 Å². The number of piperazine rings is 1. The molecule has 2 aromatic heterocycles. The van der Waals surface area contributed by atoms with Crippen LogP contribution in [0.15, 0.2) is 39.3 Å². The summed E-state index contributed by atoms with van der Waals surface area (Å²) in [7, 11) is 2.07. The van der Waals surface area contributed by atoms with Gasteiger partial charge in [0.1, 0.15) is 18.1 Å². The first-order valence-corrected chi connectivity index (χ1v) is 9.14. The van der Waals surface area contributed by atoms with E-state index >= 15 is 0 Å². The standard InChI is InChI=1S/C20H24N4O3/c1-13-4-6-17(14(2)10-13)25-12-15-5-7-18(26-15)20-22-19(23-27-20)16-11-21-8-9-24(16)3/h4-7,10,16,21H,8-9,11-12H2,1-3H3. The highest BCUT2D eigenvalue weighted by Gasteiger charge is 2.26. The first kappa shape index (κ1) is 17.8. The molecule has 1 aliphatic heterocycles. The SMILES string of the molecule is Cc1ccc(OCc2ccc(-c3nc(C4CNCCN4C)no3)o2)c(C)c1. The van der Waals surface area contributed by atoms with E-state index in [1.165, 1.54) is 5.56 Å². The van der Waals surface area contributed by atoms with E-state index in [-0.39, 0.29) is 6.04 Å². The highest BCUT2D eigenvalue weighted by Crippen LogP contribution is 2.25. The molecule has 3 aromatic rings. The third kappa shape index (κ3) is 3.89. The van der Waals surface area contributed by atoms with Crippen molar-refractivity contribution in [2.45, 2.75) is 26.5 Å². The molecule has 3 heterocycles. The number of benzene rings is 1. The number of aromatic nitrogens is 2. The average molecular weight is 368 g/mol. The van der Waals surface area contributed by atoms with Crippen molar-refractivity contribution in [1.82, 2.24) is 20.4 Å². The van der Waals surface area contributed by atoms with E-state index in [9.17, 15) is 0 Å². The maximum absolute atomic E-state index is 5.87. The summed E-state index contributed by atoms with van der Waals surface area (Å²) in [5.74, 6) is 3.18. The fraction of sp³-hybridized carbons (Fsp3) is 0.400. The summed E-state index contributed by atoms with van der Waals surface area (Å²) < 4.78 is 17.1. The van der Waals surface area contributed by atoms with Crippen molar-refractivity contribution in [3.63, 3.8) is 0 Å². The number of ether oxygens (including phenoxy) is 1. The summed E-state index contributed by atoms with van der Waals surface area (Å²) in [6, 6.07) is 9.93. The molecule has 0 amide bonds. The summed E-state index contributed by atoms with van der Waals surface area (Å²) >= 11 is 0. The van der Waals surface area contributed by atoms with E-state index in [0.29, 0.717) is 29.8 Å². The second kappa shape index (κ2) is 7.54. The Labute approximate surface area is 158 Å². The van der Waals surface area contributed by atoms with Crippen LogP contribution in [-0.2, 0) is 6.61 Å². The molecule has 4 rings (SSSR count). The minimum atomic E-state index is 0.110. The maximum atomic E-state index is 5.87. The topological polar surface area (TPSA) is 76.6 Å². The molecule has 7 nitrogen and oxygen atoms in total. The van der Waals surface area contributed by atoms with Crippen LogP contribution in [-0.4, -0.2) is 41.7 Å². The third-order valence-electron chi connectivity index (χ3n) is 4.82. The van der Waals surface area contributed by atoms with Crippen LogP contribution in [0.1, 0.15) is 28.8 Å². The first-order valence-electron chi connectivity index (χ1n) is 9.14. The van der Waals surface area contributed by atoms with E-state index in [1.54, 1.807) is 0 Å². The van der Waals surface area contributed by atoms with Crippen LogP contribution in [0, 0.1) is 13.8 Å². The number of aryl methyl sites for hydroxylation is 2. The lowest BCUT2D eigenvalue weighted by Gasteiger charge is -2.30. The van der Waals surface area contributed by atoms with Crippen molar-refractivity contribution in [2.75, 3.05) is 26.7 Å². The number of furan rings is 1. The van der Waals surface area contributed by atoms with Crippen LogP contribution in [0.3, 0.4) is 0 Å². The van der Waals surface area contributed by atoms with Gasteiger partial charge in [-0.25, -0.2) is 0 Å². The fourth-order valence-electron chi connectivity index (χ4n) is 3.25. The van der Waals surface area contributed by atoms with Gasteiger partial charge in [0.2, 0.25) is 0 Å². The van der Waals surface area contributed by atoms with Crippen LogP contribution in [0.2, 0.25) is 0 Å². The maximum Gasteiger partial charge on any atom is 0.293 e. The van der Waals surface area contributed by atoms with Gasteiger partial charge in [-0.15, -0.1) is 0 Å². The predicted octanol–water partition coefficient (Wildman–Crippen LogP) is 3.10. The molecule has 1 fully saturated rings. The van der Waals surface area contributed by atoms with E-state index in [4.69, 9.17) is 13.7 Å². The van der Waals surface area contributed by atoms with Crippen LogP contribution in [0.4, 0.5) is 0 Å². The number of hydrogen-bond acceptors (Lipinski definition) is 7. The summed E-state index contributed by atoms with van der Waals surface area (Å²) in [4.78, 5) is 6.73. The molecule has 0 saturated carbocycles. The summed E-state index contributed by atoms with van der Waals surface area (Å²) in [5, 5.41) is 7.48. The van der Waals surface area contributed by atoms with Gasteiger partial charge < -0.3 is 19.0 Å². The minimum Gasteiger partial charge on any atom is -0.485 e. The Morgan fingerprint density at radius 2 is 2.15 bits per heavy atom. The quantitative estimate of drug-likeness (QED) is 0.741. The zero-order valence-corrected chi connectivity index (χ0v) is 15.9. The van der Waals surface area contributed by atoms with E-state index in [1.807, 2.05) is 31.2 Å². The minimum absolute atomic E-state index is 0.110. The van der Waals surface area contributed by atoms with E-state index < -0.39 is 0 Å². The molecule has 27 heavy (non-hydrogen) atoms. The van der Waals surface area contributed by atoms with Gasteiger partial charge in [-0.2, -0.15) is 4.98 Å². The molecule has 142 valence electrons. The van der Waals surface area contributed by atoms with Crippen LogP contribution in [0.25, 0.3) is 11.7 Å². The number of rotatable bonds is 5. The van der Waals surface area contributed by atoms with E-state index in [2.05, 4.69) is 40.4 Å². The summed E-state index contributed by atoms with van der Waals surface area (Å²) in [6.45, 7) is 7.18. The van der Waals surface area contributed by atoms with Gasteiger partial charge in [0.05, 0.1) is 6.04 Å². The van der Waals surface area contributed by atoms with Crippen molar-refractivity contribution >= 4 is 0 Å². The lowest BCUT2D eigenvalue weighted by molar-refractivity contribution is 0.190. The Hall–Kier alpha value is -2.64. The summed E-state index contributed by atoms with van der Waals surface area (Å²) in [5.41, 5.74) is 2.32. The molecule has 1 aliphatic rings. The molecule has 0 spiro atoms. The number of nitrogens with zero attached hydrogens (tertiary/aromatic N) is 3. The lowest BCUT2D eigenvalue weighted by Crippen LogP contribution is -2.44. The highest BCUT2D eigenvalue weighted by molar-refractivity contribution is 5.44. The third-order valence-corrected chi connectivity index (χ3v) is 4.82. The Bertz CT molecular complexity index is 918. The fourth-order valence-corrected chi connectivity index (χ4v) is 3.25. The van der Waals surface area contributed by atoms with Crippen LogP contribution in [0.5, 0.6) is 5.75 Å². The highest BCUT2D eigenvalue weighted by atomic mass is 16.5. The Kier molecular flexibility index (Phi) is 4.96. The molecular formula is C20H24N4O3. The Balaban J connectivity index is 1.43. The van der Waals surface area contributed by atoms with Gasteiger partial charge in [-0.05, 0) is 44.7 Å².